The first-order valence-corrected chi connectivity index (χ1v) is 8.87. The van der Waals surface area contributed by atoms with Gasteiger partial charge in [0.05, 0.1) is 7.05 Å². The molecule has 3 aromatic rings. The smallest absolute Gasteiger partial charge is 0.291 e. The number of aromatic nitrogens is 2. The number of aryl methyl sites for hydroxylation is 2. The van der Waals surface area contributed by atoms with Crippen LogP contribution in [0.1, 0.15) is 21.5 Å². The van der Waals surface area contributed by atoms with Gasteiger partial charge in [0.15, 0.2) is 5.78 Å². The molecule has 0 unspecified atom stereocenters. The van der Waals surface area contributed by atoms with Crippen LogP contribution >= 0.6 is 15.9 Å². The van der Waals surface area contributed by atoms with E-state index < -0.39 is 0 Å². The van der Waals surface area contributed by atoms with E-state index in [1.807, 2.05) is 42.1 Å². The van der Waals surface area contributed by atoms with E-state index >= 15 is 0 Å². The zero-order valence-electron chi connectivity index (χ0n) is 14.6. The van der Waals surface area contributed by atoms with E-state index in [1.165, 1.54) is 11.1 Å². The molecule has 3 rings (SSSR count). The summed E-state index contributed by atoms with van der Waals surface area (Å²) in [6.07, 6.45) is 1.94. The first-order valence-electron chi connectivity index (χ1n) is 8.08. The van der Waals surface area contributed by atoms with Crippen molar-refractivity contribution in [2.24, 2.45) is 7.05 Å². The molecule has 0 aliphatic heterocycles. The van der Waals surface area contributed by atoms with E-state index in [1.54, 1.807) is 4.57 Å². The van der Waals surface area contributed by atoms with Crippen LogP contribution in [0.25, 0.3) is 11.3 Å². The summed E-state index contributed by atoms with van der Waals surface area (Å²) in [6.45, 7) is 4.40. The lowest BCUT2D eigenvalue weighted by molar-refractivity contribution is -0.667. The molecule has 5 heteroatoms. The largest absolute Gasteiger partial charge is 0.355 e. The highest BCUT2D eigenvalue weighted by atomic mass is 79.9. The molecule has 4 nitrogen and oxygen atoms in total. The van der Waals surface area contributed by atoms with E-state index in [4.69, 9.17) is 5.73 Å². The fourth-order valence-electron chi connectivity index (χ4n) is 2.82. The normalized spacial score (nSPS) is 10.9. The zero-order chi connectivity index (χ0) is 18.1. The molecule has 1 heterocycles. The molecule has 0 aliphatic carbocycles. The number of imidazole rings is 1. The van der Waals surface area contributed by atoms with Crippen LogP contribution < -0.4 is 10.3 Å². The Morgan fingerprint density at radius 2 is 1.92 bits per heavy atom. The van der Waals surface area contributed by atoms with Crippen molar-refractivity contribution < 1.29 is 9.36 Å². The third-order valence-electron chi connectivity index (χ3n) is 4.54. The molecule has 0 radical (unpaired) electrons. The van der Waals surface area contributed by atoms with Crippen LogP contribution in [-0.4, -0.2) is 10.4 Å². The Bertz CT molecular complexity index is 960. The lowest BCUT2D eigenvalue weighted by Gasteiger charge is -2.03. The second kappa shape index (κ2) is 6.84. The number of halogens is 1. The molecule has 0 atom stereocenters. The quantitative estimate of drug-likeness (QED) is 0.536. The molecule has 0 aliphatic rings. The minimum atomic E-state index is 0.0234. The van der Waals surface area contributed by atoms with Crippen LogP contribution in [0.3, 0.4) is 0 Å². The molecule has 0 saturated heterocycles. The number of rotatable bonds is 4. The Labute approximate surface area is 156 Å². The van der Waals surface area contributed by atoms with E-state index in [-0.39, 0.29) is 12.3 Å². The molecule has 0 bridgehead atoms. The van der Waals surface area contributed by atoms with E-state index in [0.29, 0.717) is 11.5 Å². The first kappa shape index (κ1) is 17.4. The summed E-state index contributed by atoms with van der Waals surface area (Å²) in [5, 5.41) is 0. The second-order valence-electron chi connectivity index (χ2n) is 6.29. The number of carbonyl (C=O) groups is 1. The van der Waals surface area contributed by atoms with Crippen LogP contribution in [0.5, 0.6) is 0 Å². The number of ketones is 1. The number of carbonyl (C=O) groups excluding carboxylic acids is 1. The predicted octanol–water partition coefficient (Wildman–Crippen LogP) is 3.82. The topological polar surface area (TPSA) is 51.9 Å². The van der Waals surface area contributed by atoms with Gasteiger partial charge in [-0.15, -0.1) is 0 Å². The monoisotopic (exact) mass is 398 g/mol. The summed E-state index contributed by atoms with van der Waals surface area (Å²) in [5.41, 5.74) is 11.5. The third kappa shape index (κ3) is 3.51. The van der Waals surface area contributed by atoms with Crippen LogP contribution in [0.4, 0.5) is 5.95 Å². The number of nitrogens with two attached hydrogens (primary N) is 1. The predicted molar refractivity (Wildman–Crippen MR) is 103 cm³/mol. The third-order valence-corrected chi connectivity index (χ3v) is 5.03. The number of anilines is 1. The lowest BCUT2D eigenvalue weighted by atomic mass is 10.0. The summed E-state index contributed by atoms with van der Waals surface area (Å²) in [6, 6.07) is 13.7. The van der Waals surface area contributed by atoms with Gasteiger partial charge in [-0.1, -0.05) is 40.2 Å². The van der Waals surface area contributed by atoms with Crippen molar-refractivity contribution in [3.8, 4) is 11.3 Å². The highest BCUT2D eigenvalue weighted by Gasteiger charge is 2.20. The Balaban J connectivity index is 1.93. The van der Waals surface area contributed by atoms with Gasteiger partial charge in [0.1, 0.15) is 18.4 Å². The molecule has 0 amide bonds. The fourth-order valence-corrected chi connectivity index (χ4v) is 3.22. The van der Waals surface area contributed by atoms with Gasteiger partial charge in [0.25, 0.3) is 0 Å². The molecule has 25 heavy (non-hydrogen) atoms. The Morgan fingerprint density at radius 3 is 2.60 bits per heavy atom. The molecule has 1 aromatic heterocycles. The number of benzene rings is 2. The van der Waals surface area contributed by atoms with Gasteiger partial charge in [0, 0.05) is 15.6 Å². The van der Waals surface area contributed by atoms with Crippen molar-refractivity contribution in [1.82, 2.24) is 4.57 Å². The maximum absolute atomic E-state index is 12.6. The number of hydrogen-bond acceptors (Lipinski definition) is 2. The van der Waals surface area contributed by atoms with Gasteiger partial charge in [-0.05, 0) is 43.2 Å². The van der Waals surface area contributed by atoms with Gasteiger partial charge in [-0.25, -0.2) is 9.13 Å². The van der Waals surface area contributed by atoms with Crippen LogP contribution in [0.15, 0.2) is 53.1 Å². The summed E-state index contributed by atoms with van der Waals surface area (Å²) >= 11 is 3.40. The average molecular weight is 399 g/mol. The molecular weight excluding hydrogens is 378 g/mol. The minimum Gasteiger partial charge on any atom is -0.291 e. The summed E-state index contributed by atoms with van der Waals surface area (Å²) < 4.78 is 4.60. The molecule has 128 valence electrons. The Kier molecular flexibility index (Phi) is 4.77. The molecule has 2 N–H and O–H groups in total. The highest BCUT2D eigenvalue weighted by Crippen LogP contribution is 2.23. The van der Waals surface area contributed by atoms with E-state index in [2.05, 4.69) is 48.0 Å². The SMILES string of the molecule is Cc1ccc(-c2c[n+](CC(=O)c3cccc(Br)c3)c(N)n2C)cc1C. The summed E-state index contributed by atoms with van der Waals surface area (Å²) in [4.78, 5) is 12.6. The van der Waals surface area contributed by atoms with Crippen molar-refractivity contribution in [2.45, 2.75) is 20.4 Å². The number of nitrogens with zero attached hydrogens (tertiary/aromatic N) is 2. The number of hydrogen-bond donors (Lipinski definition) is 1. The van der Waals surface area contributed by atoms with Gasteiger partial charge in [-0.3, -0.25) is 10.5 Å². The molecule has 2 aromatic carbocycles. The minimum absolute atomic E-state index is 0.0234. The van der Waals surface area contributed by atoms with Crippen molar-refractivity contribution in [2.75, 3.05) is 5.73 Å². The summed E-state index contributed by atoms with van der Waals surface area (Å²) in [7, 11) is 1.92. The Morgan fingerprint density at radius 1 is 1.16 bits per heavy atom. The number of Topliss-reactive ketones (excluding diaryl/α,β-unsaturated/α-hetero) is 1. The molecule has 0 saturated carbocycles. The van der Waals surface area contributed by atoms with Gasteiger partial charge in [0.2, 0.25) is 0 Å². The van der Waals surface area contributed by atoms with Crippen molar-refractivity contribution >= 4 is 27.7 Å². The van der Waals surface area contributed by atoms with Crippen LogP contribution in [-0.2, 0) is 13.6 Å². The maximum Gasteiger partial charge on any atom is 0.355 e. The van der Waals surface area contributed by atoms with Gasteiger partial charge in [-0.2, -0.15) is 0 Å². The maximum atomic E-state index is 12.6. The van der Waals surface area contributed by atoms with Crippen molar-refractivity contribution in [1.29, 1.82) is 0 Å². The first-order chi connectivity index (χ1) is 11.9. The zero-order valence-corrected chi connectivity index (χ0v) is 16.2. The van der Waals surface area contributed by atoms with Gasteiger partial charge >= 0.3 is 5.95 Å². The van der Waals surface area contributed by atoms with Crippen molar-refractivity contribution in [3.05, 3.63) is 69.8 Å². The second-order valence-corrected chi connectivity index (χ2v) is 7.21. The van der Waals surface area contributed by atoms with Crippen LogP contribution in [0.2, 0.25) is 0 Å². The molecule has 0 fully saturated rings. The van der Waals surface area contributed by atoms with Gasteiger partial charge < -0.3 is 0 Å². The molecular formula is C20H21BrN3O+. The standard InChI is InChI=1S/C20H20BrN3O/c1-13-7-8-15(9-14(13)2)18-11-24(20(22)23(18)3)12-19(25)16-5-4-6-17(21)10-16/h4-11,22H,12H2,1-3H3/p+1. The Hall–Kier alpha value is -2.40. The van der Waals surface area contributed by atoms with E-state index in [9.17, 15) is 4.79 Å². The van der Waals surface area contributed by atoms with E-state index in [0.717, 1.165) is 15.7 Å². The summed E-state index contributed by atoms with van der Waals surface area (Å²) in [5.74, 6) is 0.576. The van der Waals surface area contributed by atoms with Crippen LogP contribution in [0, 0.1) is 13.8 Å². The fraction of sp³-hybridized carbons (Fsp3) is 0.200. The number of nitrogen functional groups attached to an aromatic ring is 1. The average Bonchev–Trinajstić information content (AvgIpc) is 2.86. The molecule has 0 spiro atoms. The van der Waals surface area contributed by atoms with Crippen molar-refractivity contribution in [3.63, 3.8) is 0 Å². The highest BCUT2D eigenvalue weighted by molar-refractivity contribution is 9.10. The lowest BCUT2D eigenvalue weighted by Crippen LogP contribution is -2.39.